The van der Waals surface area contributed by atoms with Crippen molar-refractivity contribution in [2.24, 2.45) is 5.92 Å². The van der Waals surface area contributed by atoms with E-state index in [0.717, 1.165) is 26.1 Å². The number of aliphatic hydroxyl groups is 1. The van der Waals surface area contributed by atoms with Crippen LogP contribution in [-0.2, 0) is 6.54 Å². The zero-order chi connectivity index (χ0) is 11.5. The molecule has 0 radical (unpaired) electrons. The first-order valence-electron chi connectivity index (χ1n) is 6.11. The average Bonchev–Trinajstić information content (AvgIpc) is 2.27. The minimum atomic E-state index is -0.104. The van der Waals surface area contributed by atoms with Crippen molar-refractivity contribution in [2.45, 2.75) is 32.9 Å². The van der Waals surface area contributed by atoms with Crippen molar-refractivity contribution >= 4 is 0 Å². The average molecular weight is 219 g/mol. The van der Waals surface area contributed by atoms with Gasteiger partial charge in [0.1, 0.15) is 0 Å². The highest BCUT2D eigenvalue weighted by Crippen LogP contribution is 2.19. The molecule has 16 heavy (non-hydrogen) atoms. The predicted molar refractivity (Wildman–Crippen MR) is 66.2 cm³/mol. The summed E-state index contributed by atoms with van der Waals surface area (Å²) in [5.41, 5.74) is 2.77. The Balaban J connectivity index is 1.98. The smallest absolute Gasteiger partial charge is 0.0590 e. The van der Waals surface area contributed by atoms with Crippen LogP contribution in [0.5, 0.6) is 0 Å². The molecule has 1 fully saturated rings. The summed E-state index contributed by atoms with van der Waals surface area (Å²) < 4.78 is 0. The van der Waals surface area contributed by atoms with Crippen molar-refractivity contribution in [3.63, 3.8) is 0 Å². The Morgan fingerprint density at radius 2 is 2.12 bits per heavy atom. The molecule has 0 aromatic heterocycles. The Morgan fingerprint density at radius 3 is 2.81 bits per heavy atom. The third kappa shape index (κ3) is 2.63. The highest BCUT2D eigenvalue weighted by molar-refractivity contribution is 5.25. The number of benzene rings is 1. The van der Waals surface area contributed by atoms with Gasteiger partial charge in [0.25, 0.3) is 0 Å². The minimum Gasteiger partial charge on any atom is -0.393 e. The molecule has 1 saturated heterocycles. The summed E-state index contributed by atoms with van der Waals surface area (Å²) >= 11 is 0. The van der Waals surface area contributed by atoms with E-state index in [0.29, 0.717) is 5.92 Å². The maximum atomic E-state index is 9.69. The lowest BCUT2D eigenvalue weighted by atomic mass is 9.96. The summed E-state index contributed by atoms with van der Waals surface area (Å²) in [4.78, 5) is 2.44. The van der Waals surface area contributed by atoms with Gasteiger partial charge in [0, 0.05) is 19.6 Å². The Labute approximate surface area is 97.9 Å². The lowest BCUT2D eigenvalue weighted by Gasteiger charge is -2.34. The van der Waals surface area contributed by atoms with E-state index in [4.69, 9.17) is 0 Å². The van der Waals surface area contributed by atoms with Crippen LogP contribution in [0.15, 0.2) is 24.3 Å². The van der Waals surface area contributed by atoms with Crippen LogP contribution >= 0.6 is 0 Å². The van der Waals surface area contributed by atoms with Gasteiger partial charge in [-0.25, -0.2) is 0 Å². The fourth-order valence-electron chi connectivity index (χ4n) is 2.39. The maximum Gasteiger partial charge on any atom is 0.0590 e. The van der Waals surface area contributed by atoms with Gasteiger partial charge >= 0.3 is 0 Å². The molecular formula is C14H21NO. The lowest BCUT2D eigenvalue weighted by molar-refractivity contribution is 0.0319. The molecule has 1 aliphatic rings. The Bertz CT molecular complexity index is 350. The molecule has 1 aromatic carbocycles. The Morgan fingerprint density at radius 1 is 1.38 bits per heavy atom. The first-order valence-corrected chi connectivity index (χ1v) is 6.11. The highest BCUT2D eigenvalue weighted by Gasteiger charge is 2.24. The van der Waals surface area contributed by atoms with Gasteiger partial charge in [0.05, 0.1) is 6.10 Å². The van der Waals surface area contributed by atoms with Crippen molar-refractivity contribution in [3.8, 4) is 0 Å². The molecule has 0 unspecified atom stereocenters. The summed E-state index contributed by atoms with van der Waals surface area (Å²) in [5, 5.41) is 9.69. The molecule has 0 amide bonds. The van der Waals surface area contributed by atoms with E-state index in [1.165, 1.54) is 11.1 Å². The van der Waals surface area contributed by atoms with E-state index in [1.54, 1.807) is 0 Å². The summed E-state index contributed by atoms with van der Waals surface area (Å²) in [5.74, 6) is 0.401. The quantitative estimate of drug-likeness (QED) is 0.824. The van der Waals surface area contributed by atoms with Crippen LogP contribution in [0.3, 0.4) is 0 Å². The molecule has 0 aliphatic carbocycles. The SMILES string of the molecule is Cc1ccccc1CN1CC[C@@H](O)[C@H](C)C1. The second kappa shape index (κ2) is 4.98. The molecule has 88 valence electrons. The van der Waals surface area contributed by atoms with Crippen LogP contribution in [0.25, 0.3) is 0 Å². The summed E-state index contributed by atoms with van der Waals surface area (Å²) in [6.45, 7) is 7.34. The summed E-state index contributed by atoms with van der Waals surface area (Å²) in [6.07, 6.45) is 0.806. The van der Waals surface area contributed by atoms with Crippen molar-refractivity contribution in [2.75, 3.05) is 13.1 Å². The Hall–Kier alpha value is -0.860. The van der Waals surface area contributed by atoms with Crippen molar-refractivity contribution < 1.29 is 5.11 Å². The van der Waals surface area contributed by atoms with Crippen molar-refractivity contribution in [1.29, 1.82) is 0 Å². The number of likely N-dealkylation sites (tertiary alicyclic amines) is 1. The monoisotopic (exact) mass is 219 g/mol. The molecule has 0 saturated carbocycles. The molecule has 1 N–H and O–H groups in total. The van der Waals surface area contributed by atoms with E-state index in [1.807, 2.05) is 0 Å². The number of piperidine rings is 1. The van der Waals surface area contributed by atoms with Crippen LogP contribution in [0.2, 0.25) is 0 Å². The topological polar surface area (TPSA) is 23.5 Å². The lowest BCUT2D eigenvalue weighted by Crippen LogP contribution is -2.41. The van der Waals surface area contributed by atoms with E-state index in [9.17, 15) is 5.11 Å². The molecule has 0 bridgehead atoms. The minimum absolute atomic E-state index is 0.104. The zero-order valence-corrected chi connectivity index (χ0v) is 10.2. The first-order chi connectivity index (χ1) is 7.66. The molecule has 1 heterocycles. The second-order valence-corrected chi connectivity index (χ2v) is 4.99. The van der Waals surface area contributed by atoms with Gasteiger partial charge in [-0.15, -0.1) is 0 Å². The molecule has 1 aliphatic heterocycles. The molecule has 0 spiro atoms. The van der Waals surface area contributed by atoms with Gasteiger partial charge in [0.2, 0.25) is 0 Å². The van der Waals surface area contributed by atoms with Gasteiger partial charge in [-0.1, -0.05) is 31.2 Å². The molecule has 2 atom stereocenters. The fourth-order valence-corrected chi connectivity index (χ4v) is 2.39. The number of hydrogen-bond donors (Lipinski definition) is 1. The predicted octanol–water partition coefficient (Wildman–Crippen LogP) is 2.20. The number of rotatable bonds is 2. The van der Waals surface area contributed by atoms with Crippen molar-refractivity contribution in [1.82, 2.24) is 4.90 Å². The maximum absolute atomic E-state index is 9.69. The third-order valence-electron chi connectivity index (χ3n) is 3.60. The van der Waals surface area contributed by atoms with Crippen LogP contribution in [-0.4, -0.2) is 29.2 Å². The van der Waals surface area contributed by atoms with Gasteiger partial charge in [-0.2, -0.15) is 0 Å². The van der Waals surface area contributed by atoms with E-state index >= 15 is 0 Å². The Kier molecular flexibility index (Phi) is 3.62. The fraction of sp³-hybridized carbons (Fsp3) is 0.571. The highest BCUT2D eigenvalue weighted by atomic mass is 16.3. The standard InChI is InChI=1S/C14H21NO/c1-11-5-3-4-6-13(11)10-15-8-7-14(16)12(2)9-15/h3-6,12,14,16H,7-10H2,1-2H3/t12-,14-/m1/s1. The van der Waals surface area contributed by atoms with Crippen LogP contribution < -0.4 is 0 Å². The van der Waals surface area contributed by atoms with Crippen LogP contribution in [0.1, 0.15) is 24.5 Å². The number of hydrogen-bond acceptors (Lipinski definition) is 2. The molecule has 2 heteroatoms. The van der Waals surface area contributed by atoms with E-state index < -0.39 is 0 Å². The van der Waals surface area contributed by atoms with Crippen LogP contribution in [0.4, 0.5) is 0 Å². The van der Waals surface area contributed by atoms with E-state index in [2.05, 4.69) is 43.0 Å². The molecular weight excluding hydrogens is 198 g/mol. The molecule has 2 nitrogen and oxygen atoms in total. The third-order valence-corrected chi connectivity index (χ3v) is 3.60. The summed E-state index contributed by atoms with van der Waals surface area (Å²) in [6, 6.07) is 8.55. The number of aliphatic hydroxyl groups excluding tert-OH is 1. The number of aryl methyl sites for hydroxylation is 1. The second-order valence-electron chi connectivity index (χ2n) is 4.99. The van der Waals surface area contributed by atoms with Gasteiger partial charge in [0.15, 0.2) is 0 Å². The van der Waals surface area contributed by atoms with E-state index in [-0.39, 0.29) is 6.10 Å². The first kappa shape index (κ1) is 11.6. The molecule has 1 aromatic rings. The van der Waals surface area contributed by atoms with Gasteiger partial charge in [-0.3, -0.25) is 4.90 Å². The molecule has 2 rings (SSSR count). The normalized spacial score (nSPS) is 26.9. The number of nitrogens with zero attached hydrogens (tertiary/aromatic N) is 1. The summed E-state index contributed by atoms with van der Waals surface area (Å²) in [7, 11) is 0. The zero-order valence-electron chi connectivity index (χ0n) is 10.2. The van der Waals surface area contributed by atoms with Gasteiger partial charge < -0.3 is 5.11 Å². The van der Waals surface area contributed by atoms with Crippen LogP contribution in [0, 0.1) is 12.8 Å². The largest absolute Gasteiger partial charge is 0.393 e. The van der Waals surface area contributed by atoms with Gasteiger partial charge in [-0.05, 0) is 30.4 Å². The van der Waals surface area contributed by atoms with Crippen molar-refractivity contribution in [3.05, 3.63) is 35.4 Å².